The lowest BCUT2D eigenvalue weighted by Gasteiger charge is -2.33. The maximum Gasteiger partial charge on any atom is 0.102 e. The van der Waals surface area contributed by atoms with Crippen molar-refractivity contribution in [3.8, 4) is 0 Å². The van der Waals surface area contributed by atoms with Gasteiger partial charge in [-0.15, -0.1) is 0 Å². The molecule has 0 bridgehead atoms. The van der Waals surface area contributed by atoms with Gasteiger partial charge < -0.3 is 10.4 Å². The molecule has 0 spiro atoms. The first-order valence-corrected chi connectivity index (χ1v) is 7.51. The van der Waals surface area contributed by atoms with Crippen molar-refractivity contribution in [2.24, 2.45) is 0 Å². The van der Waals surface area contributed by atoms with Gasteiger partial charge >= 0.3 is 0 Å². The first-order valence-electron chi connectivity index (χ1n) is 7.51. The molecule has 104 valence electrons. The SMILES string of the molecule is OC1(c2cccc(CN3CCCC3)c2)CCCNC1. The first-order chi connectivity index (χ1) is 9.26. The number of benzene rings is 1. The lowest BCUT2D eigenvalue weighted by atomic mass is 9.86. The molecule has 1 aromatic carbocycles. The highest BCUT2D eigenvalue weighted by Crippen LogP contribution is 2.29. The molecule has 0 radical (unpaired) electrons. The number of likely N-dealkylation sites (tertiary alicyclic amines) is 1. The van der Waals surface area contributed by atoms with Gasteiger partial charge in [0.25, 0.3) is 0 Å². The molecular formula is C16H24N2O. The summed E-state index contributed by atoms with van der Waals surface area (Å²) < 4.78 is 0. The summed E-state index contributed by atoms with van der Waals surface area (Å²) in [5.41, 5.74) is 1.74. The van der Waals surface area contributed by atoms with E-state index in [1.54, 1.807) is 0 Å². The van der Waals surface area contributed by atoms with Gasteiger partial charge in [-0.25, -0.2) is 0 Å². The fourth-order valence-corrected chi connectivity index (χ4v) is 3.29. The summed E-state index contributed by atoms with van der Waals surface area (Å²) in [6, 6.07) is 8.54. The summed E-state index contributed by atoms with van der Waals surface area (Å²) in [5.74, 6) is 0. The molecule has 1 aromatic rings. The number of nitrogens with zero attached hydrogens (tertiary/aromatic N) is 1. The Hall–Kier alpha value is -0.900. The summed E-state index contributed by atoms with van der Waals surface area (Å²) in [5, 5.41) is 14.1. The number of piperidine rings is 1. The van der Waals surface area contributed by atoms with E-state index in [1.807, 2.05) is 0 Å². The molecule has 1 unspecified atom stereocenters. The Bertz CT molecular complexity index is 421. The second-order valence-electron chi connectivity index (χ2n) is 6.00. The Morgan fingerprint density at radius 2 is 2.05 bits per heavy atom. The van der Waals surface area contributed by atoms with Gasteiger partial charge in [0.05, 0.1) is 0 Å². The highest BCUT2D eigenvalue weighted by Gasteiger charge is 2.31. The van der Waals surface area contributed by atoms with Gasteiger partial charge in [0.1, 0.15) is 5.60 Å². The predicted octanol–water partition coefficient (Wildman–Crippen LogP) is 1.85. The minimum absolute atomic E-state index is 0.667. The number of β-amino-alcohol motifs (C(OH)–C–C–N with tert-alkyl or cyclic N) is 1. The topological polar surface area (TPSA) is 35.5 Å². The van der Waals surface area contributed by atoms with E-state index in [-0.39, 0.29) is 0 Å². The highest BCUT2D eigenvalue weighted by molar-refractivity contribution is 5.29. The van der Waals surface area contributed by atoms with Crippen molar-refractivity contribution in [1.82, 2.24) is 10.2 Å². The van der Waals surface area contributed by atoms with Crippen LogP contribution in [0.3, 0.4) is 0 Å². The van der Waals surface area contributed by atoms with E-state index in [1.165, 1.54) is 31.5 Å². The van der Waals surface area contributed by atoms with Gasteiger partial charge in [-0.2, -0.15) is 0 Å². The van der Waals surface area contributed by atoms with Crippen LogP contribution in [-0.4, -0.2) is 36.2 Å². The monoisotopic (exact) mass is 260 g/mol. The molecule has 2 saturated heterocycles. The lowest BCUT2D eigenvalue weighted by Crippen LogP contribution is -2.43. The van der Waals surface area contributed by atoms with Crippen LogP contribution in [0.2, 0.25) is 0 Å². The Balaban J connectivity index is 1.74. The number of nitrogens with one attached hydrogen (secondary N) is 1. The van der Waals surface area contributed by atoms with Crippen LogP contribution in [-0.2, 0) is 12.1 Å². The van der Waals surface area contributed by atoms with E-state index in [9.17, 15) is 5.11 Å². The number of aliphatic hydroxyl groups is 1. The van der Waals surface area contributed by atoms with Gasteiger partial charge in [0, 0.05) is 13.1 Å². The first kappa shape index (κ1) is 13.1. The fourth-order valence-electron chi connectivity index (χ4n) is 3.29. The van der Waals surface area contributed by atoms with Gasteiger partial charge in [0.2, 0.25) is 0 Å². The van der Waals surface area contributed by atoms with Crippen molar-refractivity contribution in [3.05, 3.63) is 35.4 Å². The zero-order chi connectivity index (χ0) is 13.1. The normalized spacial score (nSPS) is 28.7. The van der Waals surface area contributed by atoms with Crippen molar-refractivity contribution in [2.45, 2.75) is 37.8 Å². The van der Waals surface area contributed by atoms with Crippen LogP contribution >= 0.6 is 0 Å². The molecular weight excluding hydrogens is 236 g/mol. The van der Waals surface area contributed by atoms with Gasteiger partial charge in [0.15, 0.2) is 0 Å². The molecule has 1 atom stereocenters. The molecule has 0 saturated carbocycles. The molecule has 0 amide bonds. The van der Waals surface area contributed by atoms with Gasteiger partial charge in [-0.05, 0) is 56.4 Å². The molecule has 2 aliphatic rings. The number of rotatable bonds is 3. The fraction of sp³-hybridized carbons (Fsp3) is 0.625. The van der Waals surface area contributed by atoms with Crippen molar-refractivity contribution in [2.75, 3.05) is 26.2 Å². The molecule has 2 heterocycles. The van der Waals surface area contributed by atoms with Crippen molar-refractivity contribution >= 4 is 0 Å². The largest absolute Gasteiger partial charge is 0.384 e. The second kappa shape index (κ2) is 5.61. The Morgan fingerprint density at radius 1 is 1.21 bits per heavy atom. The standard InChI is InChI=1S/C16H24N2O/c19-16(7-4-8-17-13-16)15-6-3-5-14(11-15)12-18-9-1-2-10-18/h3,5-6,11,17,19H,1-2,4,7-10,12-13H2. The molecule has 2 aliphatic heterocycles. The summed E-state index contributed by atoms with van der Waals surface area (Å²) in [6.07, 6.45) is 4.57. The summed E-state index contributed by atoms with van der Waals surface area (Å²) in [7, 11) is 0. The van der Waals surface area contributed by atoms with Crippen LogP contribution in [0, 0.1) is 0 Å². The average Bonchev–Trinajstić information content (AvgIpc) is 2.93. The van der Waals surface area contributed by atoms with Crippen molar-refractivity contribution in [3.63, 3.8) is 0 Å². The zero-order valence-electron chi connectivity index (χ0n) is 11.6. The van der Waals surface area contributed by atoms with E-state index in [2.05, 4.69) is 34.5 Å². The number of hydrogen-bond donors (Lipinski definition) is 2. The van der Waals surface area contributed by atoms with Crippen molar-refractivity contribution in [1.29, 1.82) is 0 Å². The van der Waals surface area contributed by atoms with Crippen LogP contribution in [0.1, 0.15) is 36.8 Å². The second-order valence-corrected chi connectivity index (χ2v) is 6.00. The van der Waals surface area contributed by atoms with E-state index < -0.39 is 5.60 Å². The van der Waals surface area contributed by atoms with E-state index in [0.717, 1.165) is 31.5 Å². The molecule has 2 fully saturated rings. The van der Waals surface area contributed by atoms with Gasteiger partial charge in [-0.3, -0.25) is 4.90 Å². The summed E-state index contributed by atoms with van der Waals surface area (Å²) in [6.45, 7) is 5.17. The molecule has 3 nitrogen and oxygen atoms in total. The Kier molecular flexibility index (Phi) is 3.87. The maximum absolute atomic E-state index is 10.8. The third-order valence-corrected chi connectivity index (χ3v) is 4.43. The molecule has 0 aliphatic carbocycles. The zero-order valence-corrected chi connectivity index (χ0v) is 11.6. The average molecular weight is 260 g/mol. The predicted molar refractivity (Wildman–Crippen MR) is 77.0 cm³/mol. The quantitative estimate of drug-likeness (QED) is 0.870. The van der Waals surface area contributed by atoms with E-state index >= 15 is 0 Å². The Morgan fingerprint density at radius 3 is 2.79 bits per heavy atom. The van der Waals surface area contributed by atoms with Crippen LogP contribution in [0.15, 0.2) is 24.3 Å². The number of hydrogen-bond acceptors (Lipinski definition) is 3. The lowest BCUT2D eigenvalue weighted by molar-refractivity contribution is 0.0122. The van der Waals surface area contributed by atoms with Crippen LogP contribution in [0.5, 0.6) is 0 Å². The minimum atomic E-state index is -0.667. The van der Waals surface area contributed by atoms with Crippen LogP contribution in [0.4, 0.5) is 0 Å². The van der Waals surface area contributed by atoms with Crippen molar-refractivity contribution < 1.29 is 5.11 Å². The maximum atomic E-state index is 10.8. The van der Waals surface area contributed by atoms with Crippen LogP contribution in [0.25, 0.3) is 0 Å². The highest BCUT2D eigenvalue weighted by atomic mass is 16.3. The third kappa shape index (κ3) is 2.99. The molecule has 19 heavy (non-hydrogen) atoms. The van der Waals surface area contributed by atoms with Crippen LogP contribution < -0.4 is 5.32 Å². The van der Waals surface area contributed by atoms with Gasteiger partial charge in [-0.1, -0.05) is 24.3 Å². The molecule has 3 rings (SSSR count). The third-order valence-electron chi connectivity index (χ3n) is 4.43. The van der Waals surface area contributed by atoms with E-state index in [0.29, 0.717) is 6.54 Å². The molecule has 2 N–H and O–H groups in total. The summed E-state index contributed by atoms with van der Waals surface area (Å²) in [4.78, 5) is 2.50. The minimum Gasteiger partial charge on any atom is -0.384 e. The smallest absolute Gasteiger partial charge is 0.102 e. The summed E-state index contributed by atoms with van der Waals surface area (Å²) >= 11 is 0. The Labute approximate surface area is 115 Å². The molecule has 3 heteroatoms. The molecule has 0 aromatic heterocycles. The van der Waals surface area contributed by atoms with E-state index in [4.69, 9.17) is 0 Å².